The number of ether oxygens (including phenoxy) is 1. The molecule has 31 heavy (non-hydrogen) atoms. The second-order valence-corrected chi connectivity index (χ2v) is 8.06. The van der Waals surface area contributed by atoms with E-state index in [0.29, 0.717) is 30.1 Å². The van der Waals surface area contributed by atoms with Crippen LogP contribution >= 0.6 is 12.2 Å². The van der Waals surface area contributed by atoms with Gasteiger partial charge in [0, 0.05) is 25.1 Å². The molecule has 3 rings (SSSR count). The van der Waals surface area contributed by atoms with Gasteiger partial charge in [-0.15, -0.1) is 0 Å². The molecule has 0 saturated heterocycles. The molecule has 8 heteroatoms. The third-order valence-corrected chi connectivity index (χ3v) is 5.56. The second kappa shape index (κ2) is 10.4. The van der Waals surface area contributed by atoms with Gasteiger partial charge in [0.25, 0.3) is 0 Å². The Morgan fingerprint density at radius 3 is 2.48 bits per heavy atom. The molecule has 164 valence electrons. The van der Waals surface area contributed by atoms with Gasteiger partial charge in [-0.05, 0) is 63.1 Å². The highest BCUT2D eigenvalue weighted by atomic mass is 32.1. The summed E-state index contributed by atoms with van der Waals surface area (Å²) in [6, 6.07) is 16.1. The molecule has 0 spiro atoms. The van der Waals surface area contributed by atoms with Gasteiger partial charge in [-0.3, -0.25) is 14.5 Å². The molecular weight excluding hydrogens is 410 g/mol. The first kappa shape index (κ1) is 22.7. The zero-order valence-electron chi connectivity index (χ0n) is 18.4. The van der Waals surface area contributed by atoms with Crippen LogP contribution in [0.15, 0.2) is 48.5 Å². The number of nitrogens with zero attached hydrogens (tertiary/aromatic N) is 3. The van der Waals surface area contributed by atoms with Crippen molar-refractivity contribution in [2.75, 3.05) is 27.7 Å². The van der Waals surface area contributed by atoms with Crippen LogP contribution in [-0.2, 0) is 11.3 Å². The Bertz CT molecular complexity index is 1050. The van der Waals surface area contributed by atoms with Gasteiger partial charge in [-0.25, -0.2) is 0 Å². The Balaban J connectivity index is 1.62. The standard InChI is InChI=1S/C23H29N5O2S/c1-16-5-7-17(8-6-16)20(27(2)3)15-24-21(29)13-14-28-22(25-26-23(28)31)18-9-11-19(30-4)12-10-18/h5-12,20H,13-15H2,1-4H3,(H,24,29)(H,26,31). The molecule has 7 nitrogen and oxygen atoms in total. The first-order chi connectivity index (χ1) is 14.9. The highest BCUT2D eigenvalue weighted by Crippen LogP contribution is 2.21. The number of aromatic amines is 1. The van der Waals surface area contributed by atoms with E-state index in [-0.39, 0.29) is 11.9 Å². The van der Waals surface area contributed by atoms with Crippen molar-refractivity contribution in [3.8, 4) is 17.1 Å². The number of aromatic nitrogens is 3. The Labute approximate surface area is 188 Å². The number of carbonyl (C=O) groups is 1. The van der Waals surface area contributed by atoms with Gasteiger partial charge < -0.3 is 15.0 Å². The van der Waals surface area contributed by atoms with Crippen LogP contribution in [0.4, 0.5) is 0 Å². The summed E-state index contributed by atoms with van der Waals surface area (Å²) in [5.74, 6) is 1.45. The fourth-order valence-corrected chi connectivity index (χ4v) is 3.61. The lowest BCUT2D eigenvalue weighted by Crippen LogP contribution is -2.34. The maximum atomic E-state index is 12.6. The third kappa shape index (κ3) is 5.80. The summed E-state index contributed by atoms with van der Waals surface area (Å²) >= 11 is 5.37. The lowest BCUT2D eigenvalue weighted by molar-refractivity contribution is -0.121. The van der Waals surface area contributed by atoms with Gasteiger partial charge in [-0.1, -0.05) is 29.8 Å². The van der Waals surface area contributed by atoms with E-state index in [2.05, 4.69) is 51.6 Å². The normalized spacial score (nSPS) is 12.0. The number of nitrogens with one attached hydrogen (secondary N) is 2. The van der Waals surface area contributed by atoms with Crippen molar-refractivity contribution < 1.29 is 9.53 Å². The average Bonchev–Trinajstić information content (AvgIpc) is 3.13. The smallest absolute Gasteiger partial charge is 0.221 e. The van der Waals surface area contributed by atoms with Crippen molar-refractivity contribution in [2.45, 2.75) is 25.9 Å². The molecule has 0 aliphatic carbocycles. The van der Waals surface area contributed by atoms with Gasteiger partial charge >= 0.3 is 0 Å². The van der Waals surface area contributed by atoms with E-state index >= 15 is 0 Å². The first-order valence-corrected chi connectivity index (χ1v) is 10.6. The number of hydrogen-bond donors (Lipinski definition) is 2. The Hall–Kier alpha value is -2.97. The van der Waals surface area contributed by atoms with Gasteiger partial charge in [0.2, 0.25) is 5.91 Å². The maximum Gasteiger partial charge on any atom is 0.221 e. The van der Waals surface area contributed by atoms with Crippen LogP contribution in [0.3, 0.4) is 0 Å². The minimum atomic E-state index is -0.0252. The van der Waals surface area contributed by atoms with Gasteiger partial charge in [0.15, 0.2) is 10.6 Å². The molecule has 0 aliphatic rings. The largest absolute Gasteiger partial charge is 0.497 e. The van der Waals surface area contributed by atoms with E-state index in [1.54, 1.807) is 7.11 Å². The molecule has 2 aromatic carbocycles. The van der Waals surface area contributed by atoms with E-state index < -0.39 is 0 Å². The number of likely N-dealkylation sites (N-methyl/N-ethyl adjacent to an activating group) is 1. The number of rotatable bonds is 9. The zero-order chi connectivity index (χ0) is 22.4. The number of carbonyl (C=O) groups excluding carboxylic acids is 1. The fourth-order valence-electron chi connectivity index (χ4n) is 3.39. The summed E-state index contributed by atoms with van der Waals surface area (Å²) in [5.41, 5.74) is 3.30. The molecule has 2 N–H and O–H groups in total. The molecule has 1 heterocycles. The summed E-state index contributed by atoms with van der Waals surface area (Å²) in [6.45, 7) is 3.05. The molecule has 0 bridgehead atoms. The van der Waals surface area contributed by atoms with E-state index in [1.165, 1.54) is 11.1 Å². The quantitative estimate of drug-likeness (QED) is 0.497. The molecule has 1 aromatic heterocycles. The highest BCUT2D eigenvalue weighted by molar-refractivity contribution is 7.71. The van der Waals surface area contributed by atoms with Gasteiger partial charge in [-0.2, -0.15) is 5.10 Å². The van der Waals surface area contributed by atoms with Crippen LogP contribution in [0.5, 0.6) is 5.75 Å². The van der Waals surface area contributed by atoms with E-state index in [9.17, 15) is 4.79 Å². The Morgan fingerprint density at radius 1 is 1.19 bits per heavy atom. The van der Waals surface area contributed by atoms with E-state index in [1.807, 2.05) is 42.9 Å². The fraction of sp³-hybridized carbons (Fsp3) is 0.348. The molecule has 3 aromatic rings. The molecule has 1 atom stereocenters. The Morgan fingerprint density at radius 2 is 1.87 bits per heavy atom. The monoisotopic (exact) mass is 439 g/mol. The molecule has 0 aliphatic heterocycles. The zero-order valence-corrected chi connectivity index (χ0v) is 19.2. The van der Waals surface area contributed by atoms with Crippen LogP contribution in [-0.4, -0.2) is 53.3 Å². The SMILES string of the molecule is COc1ccc(-c2n[nH]c(=S)n2CCC(=O)NCC(c2ccc(C)cc2)N(C)C)cc1. The van der Waals surface area contributed by atoms with Gasteiger partial charge in [0.05, 0.1) is 13.2 Å². The third-order valence-electron chi connectivity index (χ3n) is 5.25. The minimum absolute atomic E-state index is 0.0252. The minimum Gasteiger partial charge on any atom is -0.497 e. The lowest BCUT2D eigenvalue weighted by Gasteiger charge is -2.25. The van der Waals surface area contributed by atoms with Crippen LogP contribution in [0, 0.1) is 11.7 Å². The van der Waals surface area contributed by atoms with E-state index in [0.717, 1.165) is 11.3 Å². The predicted octanol–water partition coefficient (Wildman–Crippen LogP) is 3.73. The average molecular weight is 440 g/mol. The summed E-state index contributed by atoms with van der Waals surface area (Å²) in [4.78, 5) is 14.7. The van der Waals surface area contributed by atoms with Crippen LogP contribution in [0.25, 0.3) is 11.4 Å². The predicted molar refractivity (Wildman–Crippen MR) is 125 cm³/mol. The number of hydrogen-bond acceptors (Lipinski definition) is 5. The van der Waals surface area contributed by atoms with Crippen molar-refractivity contribution in [3.63, 3.8) is 0 Å². The van der Waals surface area contributed by atoms with Crippen molar-refractivity contribution in [3.05, 3.63) is 64.4 Å². The molecule has 1 unspecified atom stereocenters. The van der Waals surface area contributed by atoms with Crippen molar-refractivity contribution in [1.82, 2.24) is 25.0 Å². The van der Waals surface area contributed by atoms with Crippen LogP contribution < -0.4 is 10.1 Å². The second-order valence-electron chi connectivity index (χ2n) is 7.68. The van der Waals surface area contributed by atoms with E-state index in [4.69, 9.17) is 17.0 Å². The molecule has 0 fully saturated rings. The maximum absolute atomic E-state index is 12.6. The molecule has 0 saturated carbocycles. The summed E-state index contributed by atoms with van der Waals surface area (Å²) in [7, 11) is 5.66. The van der Waals surface area contributed by atoms with Crippen LogP contribution in [0.2, 0.25) is 0 Å². The number of H-pyrrole nitrogens is 1. The highest BCUT2D eigenvalue weighted by Gasteiger charge is 2.16. The number of methoxy groups -OCH3 is 1. The Kier molecular flexibility index (Phi) is 7.59. The number of amides is 1. The summed E-state index contributed by atoms with van der Waals surface area (Å²) < 4.78 is 7.55. The first-order valence-electron chi connectivity index (χ1n) is 10.2. The lowest BCUT2D eigenvalue weighted by atomic mass is 10.0. The van der Waals surface area contributed by atoms with Crippen molar-refractivity contribution in [2.24, 2.45) is 0 Å². The van der Waals surface area contributed by atoms with Crippen molar-refractivity contribution in [1.29, 1.82) is 0 Å². The van der Waals surface area contributed by atoms with Crippen molar-refractivity contribution >= 4 is 18.1 Å². The molecular formula is C23H29N5O2S. The molecule has 0 radical (unpaired) electrons. The molecule has 1 amide bonds. The van der Waals surface area contributed by atoms with Gasteiger partial charge in [0.1, 0.15) is 5.75 Å². The number of benzene rings is 2. The topological polar surface area (TPSA) is 75.2 Å². The van der Waals surface area contributed by atoms with Crippen LogP contribution in [0.1, 0.15) is 23.6 Å². The number of aryl methyl sites for hydroxylation is 1. The summed E-state index contributed by atoms with van der Waals surface area (Å²) in [6.07, 6.45) is 0.311. The summed E-state index contributed by atoms with van der Waals surface area (Å²) in [5, 5.41) is 10.2.